The fourth-order valence-electron chi connectivity index (χ4n) is 2.12. The van der Waals surface area contributed by atoms with E-state index in [0.29, 0.717) is 6.54 Å². The largest absolute Gasteiger partial charge is 0.326 e. The van der Waals surface area contributed by atoms with E-state index in [9.17, 15) is 4.79 Å². The molecule has 1 aromatic rings. The first kappa shape index (κ1) is 16.7. The van der Waals surface area contributed by atoms with E-state index in [1.165, 1.54) is 5.56 Å². The molecule has 0 fully saturated rings. The van der Waals surface area contributed by atoms with E-state index < -0.39 is 0 Å². The zero-order valence-electron chi connectivity index (χ0n) is 13.1. The van der Waals surface area contributed by atoms with Crippen LogP contribution in [-0.2, 0) is 11.3 Å². The number of anilines is 1. The van der Waals surface area contributed by atoms with Crippen molar-refractivity contribution in [2.45, 2.75) is 27.3 Å². The number of amides is 1. The highest BCUT2D eigenvalue weighted by molar-refractivity contribution is 5.92. The number of carbonyl (C=O) groups excluding carboxylic acids is 1. The molecule has 0 radical (unpaired) electrons. The Balaban J connectivity index is 2.66. The summed E-state index contributed by atoms with van der Waals surface area (Å²) in [6, 6.07) is 8.10. The second-order valence-corrected chi connectivity index (χ2v) is 5.11. The van der Waals surface area contributed by atoms with E-state index in [0.717, 1.165) is 25.3 Å². The lowest BCUT2D eigenvalue weighted by atomic mass is 10.1. The van der Waals surface area contributed by atoms with Crippen molar-refractivity contribution < 1.29 is 4.79 Å². The maximum absolute atomic E-state index is 12.0. The summed E-state index contributed by atoms with van der Waals surface area (Å²) < 4.78 is 0. The Bertz CT molecular complexity index is 416. The summed E-state index contributed by atoms with van der Waals surface area (Å²) in [6.07, 6.45) is 0. The number of hydrogen-bond acceptors (Lipinski definition) is 3. The molecule has 1 aromatic carbocycles. The second kappa shape index (κ2) is 8.72. The minimum absolute atomic E-state index is 0.0357. The monoisotopic (exact) mass is 277 g/mol. The third-order valence-electron chi connectivity index (χ3n) is 3.45. The molecule has 1 amide bonds. The number of hydrogen-bond donors (Lipinski definition) is 2. The fourth-order valence-corrected chi connectivity index (χ4v) is 2.12. The SMILES string of the molecule is CCN(CC)Cc1cccc(NC(=O)C(C)CNC)c1. The van der Waals surface area contributed by atoms with Crippen LogP contribution >= 0.6 is 0 Å². The molecule has 0 aliphatic heterocycles. The van der Waals surface area contributed by atoms with Gasteiger partial charge in [0.2, 0.25) is 5.91 Å². The molecule has 4 nitrogen and oxygen atoms in total. The maximum atomic E-state index is 12.0. The highest BCUT2D eigenvalue weighted by atomic mass is 16.1. The molecule has 0 saturated heterocycles. The van der Waals surface area contributed by atoms with Gasteiger partial charge in [0.15, 0.2) is 0 Å². The highest BCUT2D eigenvalue weighted by Gasteiger charge is 2.12. The van der Waals surface area contributed by atoms with Gasteiger partial charge in [-0.15, -0.1) is 0 Å². The van der Waals surface area contributed by atoms with Gasteiger partial charge in [-0.3, -0.25) is 9.69 Å². The third kappa shape index (κ3) is 5.31. The Morgan fingerprint density at radius 1 is 1.30 bits per heavy atom. The minimum atomic E-state index is -0.0357. The summed E-state index contributed by atoms with van der Waals surface area (Å²) in [5.41, 5.74) is 2.11. The zero-order valence-corrected chi connectivity index (χ0v) is 13.1. The average Bonchev–Trinajstić information content (AvgIpc) is 2.45. The van der Waals surface area contributed by atoms with Crippen molar-refractivity contribution >= 4 is 11.6 Å². The van der Waals surface area contributed by atoms with Gasteiger partial charge in [-0.1, -0.05) is 32.9 Å². The van der Waals surface area contributed by atoms with Crippen molar-refractivity contribution in [3.8, 4) is 0 Å². The Kier molecular flexibility index (Phi) is 7.26. The molecule has 112 valence electrons. The van der Waals surface area contributed by atoms with E-state index in [1.54, 1.807) is 0 Å². The smallest absolute Gasteiger partial charge is 0.228 e. The van der Waals surface area contributed by atoms with Gasteiger partial charge < -0.3 is 10.6 Å². The average molecular weight is 277 g/mol. The lowest BCUT2D eigenvalue weighted by Gasteiger charge is -2.18. The van der Waals surface area contributed by atoms with Gasteiger partial charge >= 0.3 is 0 Å². The van der Waals surface area contributed by atoms with Gasteiger partial charge in [-0.2, -0.15) is 0 Å². The highest BCUT2D eigenvalue weighted by Crippen LogP contribution is 2.13. The van der Waals surface area contributed by atoms with E-state index >= 15 is 0 Å². The summed E-state index contributed by atoms with van der Waals surface area (Å²) >= 11 is 0. The van der Waals surface area contributed by atoms with Crippen LogP contribution in [-0.4, -0.2) is 37.5 Å². The fraction of sp³-hybridized carbons (Fsp3) is 0.562. The van der Waals surface area contributed by atoms with Crippen LogP contribution in [0.25, 0.3) is 0 Å². The van der Waals surface area contributed by atoms with Crippen molar-refractivity contribution in [3.05, 3.63) is 29.8 Å². The van der Waals surface area contributed by atoms with Crippen molar-refractivity contribution in [3.63, 3.8) is 0 Å². The summed E-state index contributed by atoms with van der Waals surface area (Å²) in [4.78, 5) is 14.3. The first-order valence-corrected chi connectivity index (χ1v) is 7.37. The van der Waals surface area contributed by atoms with E-state index in [2.05, 4.69) is 41.5 Å². The molecule has 0 saturated carbocycles. The standard InChI is InChI=1S/C16H27N3O/c1-5-19(6-2)12-14-8-7-9-15(10-14)18-16(20)13(3)11-17-4/h7-10,13,17H,5-6,11-12H2,1-4H3,(H,18,20). The number of benzene rings is 1. The van der Waals surface area contributed by atoms with E-state index in [4.69, 9.17) is 0 Å². The first-order valence-electron chi connectivity index (χ1n) is 7.37. The summed E-state index contributed by atoms with van der Waals surface area (Å²) in [5.74, 6) is 0.0192. The second-order valence-electron chi connectivity index (χ2n) is 5.11. The van der Waals surface area contributed by atoms with Crippen LogP contribution in [0, 0.1) is 5.92 Å². The molecule has 0 aromatic heterocycles. The molecular formula is C16H27N3O. The molecule has 1 unspecified atom stereocenters. The number of carbonyl (C=O) groups is 1. The molecule has 1 rings (SSSR count). The number of nitrogens with one attached hydrogen (secondary N) is 2. The number of rotatable bonds is 8. The molecular weight excluding hydrogens is 250 g/mol. The third-order valence-corrected chi connectivity index (χ3v) is 3.45. The van der Waals surface area contributed by atoms with Crippen LogP contribution in [0.1, 0.15) is 26.3 Å². The molecule has 0 aliphatic rings. The molecule has 0 spiro atoms. The Morgan fingerprint density at radius 3 is 2.60 bits per heavy atom. The van der Waals surface area contributed by atoms with Crippen LogP contribution in [0.3, 0.4) is 0 Å². The predicted molar refractivity (Wildman–Crippen MR) is 84.8 cm³/mol. The molecule has 20 heavy (non-hydrogen) atoms. The molecule has 0 heterocycles. The summed E-state index contributed by atoms with van der Waals surface area (Å²) in [5, 5.41) is 6.00. The Labute approximate surface area is 122 Å². The summed E-state index contributed by atoms with van der Waals surface area (Å²) in [7, 11) is 1.86. The normalized spacial score (nSPS) is 12.4. The van der Waals surface area contributed by atoms with Crippen LogP contribution in [0.2, 0.25) is 0 Å². The van der Waals surface area contributed by atoms with Crippen molar-refractivity contribution in [2.24, 2.45) is 5.92 Å². The minimum Gasteiger partial charge on any atom is -0.326 e. The van der Waals surface area contributed by atoms with E-state index in [-0.39, 0.29) is 11.8 Å². The topological polar surface area (TPSA) is 44.4 Å². The van der Waals surface area contributed by atoms with Crippen LogP contribution in [0.5, 0.6) is 0 Å². The lowest BCUT2D eigenvalue weighted by molar-refractivity contribution is -0.119. The lowest BCUT2D eigenvalue weighted by Crippen LogP contribution is -2.28. The van der Waals surface area contributed by atoms with Crippen LogP contribution < -0.4 is 10.6 Å². The quantitative estimate of drug-likeness (QED) is 0.766. The molecule has 0 aliphatic carbocycles. The van der Waals surface area contributed by atoms with Crippen LogP contribution in [0.15, 0.2) is 24.3 Å². The van der Waals surface area contributed by atoms with Gasteiger partial charge in [0.1, 0.15) is 0 Å². The number of nitrogens with zero attached hydrogens (tertiary/aromatic N) is 1. The van der Waals surface area contributed by atoms with Gasteiger partial charge in [-0.25, -0.2) is 0 Å². The Morgan fingerprint density at radius 2 is 2.00 bits per heavy atom. The van der Waals surface area contributed by atoms with E-state index in [1.807, 2.05) is 26.1 Å². The van der Waals surface area contributed by atoms with Crippen molar-refractivity contribution in [1.29, 1.82) is 0 Å². The maximum Gasteiger partial charge on any atom is 0.228 e. The van der Waals surface area contributed by atoms with Crippen LogP contribution in [0.4, 0.5) is 5.69 Å². The molecule has 4 heteroatoms. The predicted octanol–water partition coefficient (Wildman–Crippen LogP) is 2.32. The van der Waals surface area contributed by atoms with Crippen molar-refractivity contribution in [2.75, 3.05) is 32.0 Å². The summed E-state index contributed by atoms with van der Waals surface area (Å²) in [6.45, 7) is 9.92. The first-order chi connectivity index (χ1) is 9.60. The van der Waals surface area contributed by atoms with Crippen molar-refractivity contribution in [1.82, 2.24) is 10.2 Å². The van der Waals surface area contributed by atoms with Gasteiger partial charge in [0.05, 0.1) is 0 Å². The van der Waals surface area contributed by atoms with Gasteiger partial charge in [0.25, 0.3) is 0 Å². The van der Waals surface area contributed by atoms with Gasteiger partial charge in [0, 0.05) is 24.7 Å². The Hall–Kier alpha value is -1.39. The molecule has 2 N–H and O–H groups in total. The molecule has 0 bridgehead atoms. The zero-order chi connectivity index (χ0) is 15.0. The van der Waals surface area contributed by atoms with Gasteiger partial charge in [-0.05, 0) is 37.8 Å². The molecule has 1 atom stereocenters.